The second-order valence-corrected chi connectivity index (χ2v) is 7.90. The number of guanidine groups is 1. The number of hydrogen-bond donors (Lipinski definition) is 3. The molecule has 1 aromatic carbocycles. The van der Waals surface area contributed by atoms with Crippen molar-refractivity contribution in [3.63, 3.8) is 0 Å². The second kappa shape index (κ2) is 11.5. The van der Waals surface area contributed by atoms with E-state index < -0.39 is 5.60 Å². The minimum absolute atomic E-state index is 0.388. The lowest BCUT2D eigenvalue weighted by Gasteiger charge is -2.28. The maximum absolute atomic E-state index is 11.6. The molecular weight excluding hydrogens is 370 g/mol. The van der Waals surface area contributed by atoms with Gasteiger partial charge in [-0.3, -0.25) is 4.99 Å². The summed E-state index contributed by atoms with van der Waals surface area (Å²) < 4.78 is 10.6. The average Bonchev–Trinajstić information content (AvgIpc) is 2.70. The number of carbonyl (C=O) groups is 1. The van der Waals surface area contributed by atoms with E-state index in [2.05, 4.69) is 50.1 Å². The number of ether oxygens (including phenoxy) is 2. The second-order valence-electron chi connectivity index (χ2n) is 7.90. The SMILES string of the molecule is CN=C(NCCCNC(=O)OC(C)(C)C)NCc1ccc(N2CCOCC2)cc1. The number of hydrogen-bond acceptors (Lipinski definition) is 5. The van der Waals surface area contributed by atoms with Crippen LogP contribution in [0.2, 0.25) is 0 Å². The fourth-order valence-corrected chi connectivity index (χ4v) is 2.85. The van der Waals surface area contributed by atoms with Crippen molar-refractivity contribution in [2.75, 3.05) is 51.3 Å². The normalized spacial score (nSPS) is 15.0. The van der Waals surface area contributed by atoms with Gasteiger partial charge in [-0.1, -0.05) is 12.1 Å². The summed E-state index contributed by atoms with van der Waals surface area (Å²) in [7, 11) is 1.75. The lowest BCUT2D eigenvalue weighted by molar-refractivity contribution is 0.0527. The molecule has 0 aliphatic carbocycles. The van der Waals surface area contributed by atoms with Crippen LogP contribution in [0, 0.1) is 0 Å². The van der Waals surface area contributed by atoms with Gasteiger partial charge in [-0.25, -0.2) is 4.79 Å². The van der Waals surface area contributed by atoms with E-state index in [1.165, 1.54) is 11.3 Å². The molecule has 0 aromatic heterocycles. The molecule has 162 valence electrons. The Morgan fingerprint density at radius 3 is 2.38 bits per heavy atom. The third kappa shape index (κ3) is 9.04. The Morgan fingerprint density at radius 1 is 1.10 bits per heavy atom. The summed E-state index contributed by atoms with van der Waals surface area (Å²) in [5, 5.41) is 9.31. The van der Waals surface area contributed by atoms with Crippen LogP contribution in [0.3, 0.4) is 0 Å². The van der Waals surface area contributed by atoms with E-state index in [0.717, 1.165) is 38.7 Å². The van der Waals surface area contributed by atoms with Crippen molar-refractivity contribution in [1.82, 2.24) is 16.0 Å². The van der Waals surface area contributed by atoms with Gasteiger partial charge in [0.2, 0.25) is 0 Å². The molecule has 0 bridgehead atoms. The highest BCUT2D eigenvalue weighted by Gasteiger charge is 2.15. The van der Waals surface area contributed by atoms with E-state index in [1.807, 2.05) is 20.8 Å². The number of alkyl carbamates (subject to hydrolysis) is 1. The maximum Gasteiger partial charge on any atom is 0.407 e. The summed E-state index contributed by atoms with van der Waals surface area (Å²) in [5.41, 5.74) is 1.95. The van der Waals surface area contributed by atoms with Crippen LogP contribution in [0.4, 0.5) is 10.5 Å². The summed E-state index contributed by atoms with van der Waals surface area (Å²) in [6.07, 6.45) is 0.384. The van der Waals surface area contributed by atoms with Gasteiger partial charge in [0.15, 0.2) is 5.96 Å². The molecular formula is C21H35N5O3. The van der Waals surface area contributed by atoms with Gasteiger partial charge < -0.3 is 30.3 Å². The first kappa shape index (κ1) is 22.8. The highest BCUT2D eigenvalue weighted by Crippen LogP contribution is 2.16. The Morgan fingerprint density at radius 2 is 1.76 bits per heavy atom. The zero-order valence-electron chi connectivity index (χ0n) is 18.1. The van der Waals surface area contributed by atoms with Crippen molar-refractivity contribution in [1.29, 1.82) is 0 Å². The summed E-state index contributed by atoms with van der Waals surface area (Å²) in [4.78, 5) is 18.2. The molecule has 29 heavy (non-hydrogen) atoms. The number of anilines is 1. The third-order valence-electron chi connectivity index (χ3n) is 4.31. The van der Waals surface area contributed by atoms with E-state index in [-0.39, 0.29) is 6.09 Å². The van der Waals surface area contributed by atoms with E-state index in [4.69, 9.17) is 9.47 Å². The number of nitrogens with zero attached hydrogens (tertiary/aromatic N) is 2. The minimum atomic E-state index is -0.477. The number of amides is 1. The zero-order valence-corrected chi connectivity index (χ0v) is 18.1. The van der Waals surface area contributed by atoms with Gasteiger partial charge in [0.05, 0.1) is 13.2 Å². The number of morpholine rings is 1. The summed E-state index contributed by atoms with van der Waals surface area (Å²) in [6, 6.07) is 8.58. The lowest BCUT2D eigenvalue weighted by Crippen LogP contribution is -2.39. The van der Waals surface area contributed by atoms with Crippen LogP contribution in [0.1, 0.15) is 32.8 Å². The topological polar surface area (TPSA) is 87.2 Å². The third-order valence-corrected chi connectivity index (χ3v) is 4.31. The van der Waals surface area contributed by atoms with Crippen molar-refractivity contribution >= 4 is 17.7 Å². The average molecular weight is 406 g/mol. The standard InChI is InChI=1S/C21H35N5O3/c1-21(2,3)29-20(27)24-11-5-10-23-19(22-4)25-16-17-6-8-18(9-7-17)26-12-14-28-15-13-26/h6-9H,5,10-16H2,1-4H3,(H,24,27)(H2,22,23,25). The van der Waals surface area contributed by atoms with Gasteiger partial charge in [0, 0.05) is 45.5 Å². The fourth-order valence-electron chi connectivity index (χ4n) is 2.85. The molecule has 1 aromatic rings. The Hall–Kier alpha value is -2.48. The van der Waals surface area contributed by atoms with E-state index in [9.17, 15) is 4.79 Å². The van der Waals surface area contributed by atoms with Gasteiger partial charge in [-0.05, 0) is 44.9 Å². The van der Waals surface area contributed by atoms with E-state index in [1.54, 1.807) is 7.05 Å². The Labute approximate surface area is 174 Å². The predicted molar refractivity (Wildman–Crippen MR) is 117 cm³/mol. The molecule has 0 saturated carbocycles. The number of carbonyl (C=O) groups excluding carboxylic acids is 1. The first-order valence-electron chi connectivity index (χ1n) is 10.2. The summed E-state index contributed by atoms with van der Waals surface area (Å²) in [6.45, 7) is 10.9. The Bertz CT molecular complexity index is 649. The number of rotatable bonds is 7. The molecule has 0 atom stereocenters. The molecule has 1 aliphatic rings. The van der Waals surface area contributed by atoms with Crippen LogP contribution in [0.25, 0.3) is 0 Å². The smallest absolute Gasteiger partial charge is 0.407 e. The van der Waals surface area contributed by atoms with Gasteiger partial charge >= 0.3 is 6.09 Å². The molecule has 2 rings (SSSR count). The highest BCUT2D eigenvalue weighted by molar-refractivity contribution is 5.79. The van der Waals surface area contributed by atoms with Crippen molar-refractivity contribution in [3.8, 4) is 0 Å². The summed E-state index contributed by atoms with van der Waals surface area (Å²) in [5.74, 6) is 0.736. The van der Waals surface area contributed by atoms with Gasteiger partial charge in [-0.2, -0.15) is 0 Å². The molecule has 1 heterocycles. The monoisotopic (exact) mass is 405 g/mol. The molecule has 8 heteroatoms. The molecule has 1 fully saturated rings. The first-order valence-corrected chi connectivity index (χ1v) is 10.2. The van der Waals surface area contributed by atoms with E-state index >= 15 is 0 Å². The van der Waals surface area contributed by atoms with Crippen molar-refractivity contribution < 1.29 is 14.3 Å². The van der Waals surface area contributed by atoms with Gasteiger partial charge in [0.25, 0.3) is 0 Å². The van der Waals surface area contributed by atoms with Crippen LogP contribution in [0.15, 0.2) is 29.3 Å². The molecule has 8 nitrogen and oxygen atoms in total. The first-order chi connectivity index (χ1) is 13.9. The number of aliphatic imine (C=N–C) groups is 1. The van der Waals surface area contributed by atoms with Crippen LogP contribution in [0.5, 0.6) is 0 Å². The van der Waals surface area contributed by atoms with Crippen molar-refractivity contribution in [3.05, 3.63) is 29.8 Å². The molecule has 1 amide bonds. The van der Waals surface area contributed by atoms with Crippen molar-refractivity contribution in [2.24, 2.45) is 4.99 Å². The van der Waals surface area contributed by atoms with Crippen LogP contribution in [-0.2, 0) is 16.0 Å². The zero-order chi connectivity index (χ0) is 21.1. The van der Waals surface area contributed by atoms with E-state index in [0.29, 0.717) is 19.6 Å². The Balaban J connectivity index is 1.64. The molecule has 1 saturated heterocycles. The predicted octanol–water partition coefficient (Wildman–Crippen LogP) is 2.10. The highest BCUT2D eigenvalue weighted by atomic mass is 16.6. The largest absolute Gasteiger partial charge is 0.444 e. The molecule has 3 N–H and O–H groups in total. The van der Waals surface area contributed by atoms with Crippen LogP contribution < -0.4 is 20.9 Å². The quantitative estimate of drug-likeness (QED) is 0.366. The molecule has 0 radical (unpaired) electrons. The maximum atomic E-state index is 11.6. The number of benzene rings is 1. The Kier molecular flexibility index (Phi) is 9.05. The lowest BCUT2D eigenvalue weighted by atomic mass is 10.2. The van der Waals surface area contributed by atoms with Crippen LogP contribution >= 0.6 is 0 Å². The fraction of sp³-hybridized carbons (Fsp3) is 0.619. The summed E-state index contributed by atoms with van der Waals surface area (Å²) >= 11 is 0. The van der Waals surface area contributed by atoms with Crippen molar-refractivity contribution in [2.45, 2.75) is 39.3 Å². The molecule has 0 unspecified atom stereocenters. The molecule has 1 aliphatic heterocycles. The molecule has 0 spiro atoms. The minimum Gasteiger partial charge on any atom is -0.444 e. The van der Waals surface area contributed by atoms with Gasteiger partial charge in [-0.15, -0.1) is 0 Å². The van der Waals surface area contributed by atoms with Gasteiger partial charge in [0.1, 0.15) is 5.60 Å². The number of nitrogens with one attached hydrogen (secondary N) is 3. The van der Waals surface area contributed by atoms with Crippen LogP contribution in [-0.4, -0.2) is 64.1 Å².